The molecule has 3 aromatic rings. The summed E-state index contributed by atoms with van der Waals surface area (Å²) in [5.74, 6) is -0.209. The van der Waals surface area contributed by atoms with Crippen molar-refractivity contribution in [2.45, 2.75) is 6.92 Å². The highest BCUT2D eigenvalue weighted by atomic mass is 79.9. The van der Waals surface area contributed by atoms with Crippen LogP contribution in [-0.2, 0) is 0 Å². The molecule has 0 unspecified atom stereocenters. The SMILES string of the molecule is Cc1sc(NC(=O)c2cccc(Br)c2)nc1-c1ccc(Cl)cc1Cl. The van der Waals surface area contributed by atoms with Crippen LogP contribution in [0.4, 0.5) is 5.13 Å². The molecule has 2 aromatic carbocycles. The summed E-state index contributed by atoms with van der Waals surface area (Å²) in [7, 11) is 0. The minimum Gasteiger partial charge on any atom is -0.298 e. The van der Waals surface area contributed by atoms with Gasteiger partial charge in [-0.3, -0.25) is 10.1 Å². The van der Waals surface area contributed by atoms with Crippen LogP contribution < -0.4 is 5.32 Å². The van der Waals surface area contributed by atoms with E-state index in [9.17, 15) is 4.79 Å². The van der Waals surface area contributed by atoms with E-state index in [1.807, 2.05) is 25.1 Å². The first kappa shape index (κ1) is 17.4. The van der Waals surface area contributed by atoms with Gasteiger partial charge in [-0.1, -0.05) is 45.2 Å². The second kappa shape index (κ2) is 7.23. The summed E-state index contributed by atoms with van der Waals surface area (Å²) in [6, 6.07) is 12.4. The molecule has 0 aliphatic carbocycles. The minimum atomic E-state index is -0.209. The van der Waals surface area contributed by atoms with E-state index in [-0.39, 0.29) is 5.91 Å². The molecule has 0 spiro atoms. The maximum Gasteiger partial charge on any atom is 0.257 e. The number of carbonyl (C=O) groups is 1. The number of nitrogens with one attached hydrogen (secondary N) is 1. The van der Waals surface area contributed by atoms with E-state index in [4.69, 9.17) is 23.2 Å². The van der Waals surface area contributed by atoms with Crippen LogP contribution in [0.2, 0.25) is 10.0 Å². The zero-order valence-corrected chi connectivity index (χ0v) is 16.4. The van der Waals surface area contributed by atoms with E-state index in [0.717, 1.165) is 20.6 Å². The first-order valence-electron chi connectivity index (χ1n) is 6.94. The van der Waals surface area contributed by atoms with E-state index in [2.05, 4.69) is 26.2 Å². The standard InChI is InChI=1S/C17H11BrCl2N2OS/c1-9-15(13-6-5-12(19)8-14(13)20)21-17(24-9)22-16(23)10-3-2-4-11(18)7-10/h2-8H,1H3,(H,21,22,23). The fraction of sp³-hybridized carbons (Fsp3) is 0.0588. The van der Waals surface area contributed by atoms with Crippen LogP contribution in [0.15, 0.2) is 46.9 Å². The van der Waals surface area contributed by atoms with Crippen LogP contribution >= 0.6 is 50.5 Å². The van der Waals surface area contributed by atoms with E-state index in [1.54, 1.807) is 24.3 Å². The van der Waals surface area contributed by atoms with Gasteiger partial charge >= 0.3 is 0 Å². The monoisotopic (exact) mass is 440 g/mol. The van der Waals surface area contributed by atoms with Gasteiger partial charge < -0.3 is 0 Å². The number of aromatic nitrogens is 1. The van der Waals surface area contributed by atoms with Crippen LogP contribution in [0.1, 0.15) is 15.2 Å². The predicted molar refractivity (Wildman–Crippen MR) is 104 cm³/mol. The van der Waals surface area contributed by atoms with Gasteiger partial charge in [-0.15, -0.1) is 11.3 Å². The first-order valence-corrected chi connectivity index (χ1v) is 9.30. The van der Waals surface area contributed by atoms with Crippen molar-refractivity contribution in [3.63, 3.8) is 0 Å². The number of nitrogens with zero attached hydrogens (tertiary/aromatic N) is 1. The van der Waals surface area contributed by atoms with Crippen LogP contribution in [0, 0.1) is 6.92 Å². The zero-order chi connectivity index (χ0) is 17.3. The van der Waals surface area contributed by atoms with Crippen LogP contribution in [0.3, 0.4) is 0 Å². The number of aryl methyl sites for hydroxylation is 1. The predicted octanol–water partition coefficient (Wildman–Crippen LogP) is 6.44. The summed E-state index contributed by atoms with van der Waals surface area (Å²) in [6.45, 7) is 1.94. The molecule has 0 saturated carbocycles. The number of rotatable bonds is 3. The van der Waals surface area contributed by atoms with Crippen molar-refractivity contribution in [2.24, 2.45) is 0 Å². The lowest BCUT2D eigenvalue weighted by Crippen LogP contribution is -2.11. The maximum absolute atomic E-state index is 12.3. The molecule has 24 heavy (non-hydrogen) atoms. The van der Waals surface area contributed by atoms with Crippen molar-refractivity contribution >= 4 is 61.5 Å². The molecule has 3 nitrogen and oxygen atoms in total. The number of thiazole rings is 1. The third-order valence-corrected chi connectivity index (χ3v) is 5.22. The Morgan fingerprint density at radius 3 is 2.71 bits per heavy atom. The largest absolute Gasteiger partial charge is 0.298 e. The molecule has 0 fully saturated rings. The van der Waals surface area contributed by atoms with E-state index < -0.39 is 0 Å². The highest BCUT2D eigenvalue weighted by Crippen LogP contribution is 2.35. The number of carbonyl (C=O) groups excluding carboxylic acids is 1. The number of anilines is 1. The van der Waals surface area contributed by atoms with E-state index in [0.29, 0.717) is 20.7 Å². The second-order valence-corrected chi connectivity index (χ2v) is 7.97. The molecule has 0 atom stereocenters. The Labute approximate surface area is 161 Å². The average molecular weight is 442 g/mol. The number of halogens is 3. The summed E-state index contributed by atoms with van der Waals surface area (Å²) in [4.78, 5) is 17.8. The molecule has 0 bridgehead atoms. The van der Waals surface area contributed by atoms with Gasteiger partial charge in [0.25, 0.3) is 5.91 Å². The third kappa shape index (κ3) is 3.81. The van der Waals surface area contributed by atoms with Crippen molar-refractivity contribution < 1.29 is 4.79 Å². The van der Waals surface area contributed by atoms with Gasteiger partial charge in [0.15, 0.2) is 5.13 Å². The van der Waals surface area contributed by atoms with Gasteiger partial charge in [-0.05, 0) is 43.3 Å². The second-order valence-electron chi connectivity index (χ2n) is 5.01. The van der Waals surface area contributed by atoms with Gasteiger partial charge in [-0.2, -0.15) is 0 Å². The van der Waals surface area contributed by atoms with Crippen molar-refractivity contribution in [2.75, 3.05) is 5.32 Å². The first-order chi connectivity index (χ1) is 11.4. The molecule has 1 N–H and O–H groups in total. The fourth-order valence-corrected chi connectivity index (χ4v) is 3.90. The lowest BCUT2D eigenvalue weighted by atomic mass is 10.1. The van der Waals surface area contributed by atoms with Crippen molar-refractivity contribution in [1.82, 2.24) is 4.98 Å². The Morgan fingerprint density at radius 1 is 1.21 bits per heavy atom. The van der Waals surface area contributed by atoms with Gasteiger partial charge in [0.2, 0.25) is 0 Å². The van der Waals surface area contributed by atoms with Crippen LogP contribution in [0.5, 0.6) is 0 Å². The quantitative estimate of drug-likeness (QED) is 0.508. The molecule has 1 amide bonds. The molecule has 1 heterocycles. The topological polar surface area (TPSA) is 42.0 Å². The summed E-state index contributed by atoms with van der Waals surface area (Å²) in [5, 5.41) is 4.45. The Morgan fingerprint density at radius 2 is 2.00 bits per heavy atom. The lowest BCUT2D eigenvalue weighted by molar-refractivity contribution is 0.102. The van der Waals surface area contributed by atoms with Crippen molar-refractivity contribution in [3.05, 3.63) is 67.4 Å². The summed E-state index contributed by atoms with van der Waals surface area (Å²) in [5.41, 5.74) is 2.09. The van der Waals surface area contributed by atoms with Gasteiger partial charge in [0.1, 0.15) is 0 Å². The van der Waals surface area contributed by atoms with E-state index in [1.165, 1.54) is 11.3 Å². The summed E-state index contributed by atoms with van der Waals surface area (Å²) in [6.07, 6.45) is 0. The Bertz CT molecular complexity index is 927. The molecule has 0 radical (unpaired) electrons. The molecule has 0 saturated heterocycles. The zero-order valence-electron chi connectivity index (χ0n) is 12.4. The fourth-order valence-electron chi connectivity index (χ4n) is 2.18. The van der Waals surface area contributed by atoms with Crippen LogP contribution in [0.25, 0.3) is 11.3 Å². The number of amides is 1. The normalized spacial score (nSPS) is 10.7. The molecule has 0 aliphatic rings. The highest BCUT2D eigenvalue weighted by Gasteiger charge is 2.15. The van der Waals surface area contributed by atoms with E-state index >= 15 is 0 Å². The molecule has 3 rings (SSSR count). The number of hydrogen-bond donors (Lipinski definition) is 1. The smallest absolute Gasteiger partial charge is 0.257 e. The molecule has 122 valence electrons. The Kier molecular flexibility index (Phi) is 5.25. The number of hydrogen-bond acceptors (Lipinski definition) is 3. The lowest BCUT2D eigenvalue weighted by Gasteiger charge is -2.03. The van der Waals surface area contributed by atoms with Gasteiger partial charge in [-0.25, -0.2) is 4.98 Å². The molecule has 7 heteroatoms. The van der Waals surface area contributed by atoms with Crippen LogP contribution in [-0.4, -0.2) is 10.9 Å². The minimum absolute atomic E-state index is 0.209. The highest BCUT2D eigenvalue weighted by molar-refractivity contribution is 9.10. The molecular formula is C17H11BrCl2N2OS. The summed E-state index contributed by atoms with van der Waals surface area (Å²) >= 11 is 16.9. The average Bonchev–Trinajstić information content (AvgIpc) is 2.87. The van der Waals surface area contributed by atoms with Crippen molar-refractivity contribution in [1.29, 1.82) is 0 Å². The molecule has 1 aromatic heterocycles. The third-order valence-electron chi connectivity index (χ3n) is 3.29. The maximum atomic E-state index is 12.3. The molecular weight excluding hydrogens is 431 g/mol. The Hall–Kier alpha value is -1.40. The summed E-state index contributed by atoms with van der Waals surface area (Å²) < 4.78 is 0.846. The van der Waals surface area contributed by atoms with Gasteiger partial charge in [0.05, 0.1) is 10.7 Å². The Balaban J connectivity index is 1.88. The van der Waals surface area contributed by atoms with Crippen molar-refractivity contribution in [3.8, 4) is 11.3 Å². The molecule has 0 aliphatic heterocycles. The van der Waals surface area contributed by atoms with Gasteiger partial charge in [0, 0.05) is 25.5 Å². The number of benzene rings is 2.